The summed E-state index contributed by atoms with van der Waals surface area (Å²) in [5.41, 5.74) is 4.66. The van der Waals surface area contributed by atoms with E-state index in [0.717, 1.165) is 22.2 Å². The number of phenols is 1. The summed E-state index contributed by atoms with van der Waals surface area (Å²) >= 11 is 6.11. The van der Waals surface area contributed by atoms with Gasteiger partial charge in [-0.2, -0.15) is 0 Å². The average Bonchev–Trinajstić information content (AvgIpc) is 3.29. The summed E-state index contributed by atoms with van der Waals surface area (Å²) in [6.07, 6.45) is 0.544. The van der Waals surface area contributed by atoms with E-state index in [1.807, 2.05) is 44.4 Å². The van der Waals surface area contributed by atoms with Crippen LogP contribution in [-0.2, 0) is 21.4 Å². The normalized spacial score (nSPS) is 12.3. The Morgan fingerprint density at radius 1 is 1.17 bits per heavy atom. The highest BCUT2D eigenvalue weighted by molar-refractivity contribution is 6.31. The molecular weight excluding hydrogens is 390 g/mol. The summed E-state index contributed by atoms with van der Waals surface area (Å²) in [6, 6.07) is 9.61. The SMILES string of the molecule is C=C(C)C(=O)OCCc1cc(-n2n3c4ccc(Cl)cc4n23)c(O)c(C(C)(C)C)c1. The highest BCUT2D eigenvalue weighted by atomic mass is 35.5. The van der Waals surface area contributed by atoms with Crippen molar-refractivity contribution in [2.24, 2.45) is 0 Å². The third kappa shape index (κ3) is 3.27. The fourth-order valence-electron chi connectivity index (χ4n) is 3.45. The number of hydrogen-bond donors (Lipinski definition) is 1. The highest BCUT2D eigenvalue weighted by Gasteiger charge is 2.29. The van der Waals surface area contributed by atoms with Crippen LogP contribution in [0.3, 0.4) is 0 Å². The fraction of sp³-hybridized carbons (Fsp3) is 0.318. The fourth-order valence-corrected chi connectivity index (χ4v) is 3.62. The van der Waals surface area contributed by atoms with Crippen LogP contribution in [0.2, 0.25) is 5.02 Å². The number of aromatic nitrogens is 3. The number of phenolic OH excluding ortho intramolecular Hbond substituents is 1. The molecule has 0 aliphatic carbocycles. The Balaban J connectivity index is 1.73. The summed E-state index contributed by atoms with van der Waals surface area (Å²) in [5, 5.41) is 11.7. The summed E-state index contributed by atoms with van der Waals surface area (Å²) in [6.45, 7) is 11.7. The number of halogens is 1. The molecule has 2 aromatic heterocycles. The largest absolute Gasteiger partial charge is 0.505 e. The minimum atomic E-state index is -0.395. The van der Waals surface area contributed by atoms with Crippen LogP contribution in [0.25, 0.3) is 16.7 Å². The molecule has 0 atom stereocenters. The van der Waals surface area contributed by atoms with E-state index >= 15 is 0 Å². The van der Waals surface area contributed by atoms with Crippen molar-refractivity contribution in [1.82, 2.24) is 14.1 Å². The molecule has 0 bridgehead atoms. The lowest BCUT2D eigenvalue weighted by Crippen LogP contribution is -2.14. The Kier molecular flexibility index (Phi) is 4.42. The van der Waals surface area contributed by atoms with Crippen LogP contribution >= 0.6 is 11.6 Å². The third-order valence-corrected chi connectivity index (χ3v) is 5.26. The molecule has 0 amide bonds. The van der Waals surface area contributed by atoms with E-state index in [4.69, 9.17) is 16.3 Å². The molecule has 0 fully saturated rings. The molecule has 0 saturated carbocycles. The van der Waals surface area contributed by atoms with Crippen molar-refractivity contribution in [3.63, 3.8) is 0 Å². The molecule has 0 saturated heterocycles. The first-order chi connectivity index (χ1) is 13.6. The molecule has 2 aromatic carbocycles. The van der Waals surface area contributed by atoms with E-state index < -0.39 is 5.97 Å². The second-order valence-corrected chi connectivity index (χ2v) is 8.87. The highest BCUT2D eigenvalue weighted by Crippen LogP contribution is 2.39. The molecule has 0 unspecified atom stereocenters. The number of fused-ring (bicyclic) bond motifs is 4. The Bertz CT molecular complexity index is 1240. The molecule has 2 heterocycles. The molecule has 6 nitrogen and oxygen atoms in total. The van der Waals surface area contributed by atoms with E-state index in [1.165, 1.54) is 0 Å². The standard InChI is InChI=1S/C22H24ClN3O3/c1-13(2)21(28)29-9-8-14-10-16(22(3,4)5)20(27)19(11-14)26-24-17-7-6-15(23)12-18(17)25(24)26/h6-7,10-12,27H,1,8-9H2,2-5H3. The maximum Gasteiger partial charge on any atom is 0.333 e. The summed E-state index contributed by atoms with van der Waals surface area (Å²) in [4.78, 5) is 13.6. The predicted molar refractivity (Wildman–Crippen MR) is 114 cm³/mol. The second-order valence-electron chi connectivity index (χ2n) is 8.43. The average molecular weight is 414 g/mol. The summed E-state index contributed by atoms with van der Waals surface area (Å²) in [7, 11) is 0. The number of hydrogen-bond acceptors (Lipinski definition) is 3. The van der Waals surface area contributed by atoms with Crippen molar-refractivity contribution in [3.8, 4) is 11.4 Å². The molecule has 0 radical (unpaired) electrons. The van der Waals surface area contributed by atoms with Gasteiger partial charge >= 0.3 is 5.97 Å². The van der Waals surface area contributed by atoms with Gasteiger partial charge in [-0.15, -0.1) is 14.1 Å². The van der Waals surface area contributed by atoms with Gasteiger partial charge in [0.25, 0.3) is 0 Å². The van der Waals surface area contributed by atoms with Crippen LogP contribution in [0.15, 0.2) is 42.5 Å². The molecule has 4 aromatic rings. The van der Waals surface area contributed by atoms with Crippen LogP contribution < -0.4 is 0 Å². The molecule has 7 heteroatoms. The van der Waals surface area contributed by atoms with Gasteiger partial charge in [0.2, 0.25) is 0 Å². The number of esters is 1. The number of nitrogens with zero attached hydrogens (tertiary/aromatic N) is 3. The smallest absolute Gasteiger partial charge is 0.333 e. The molecule has 4 rings (SSSR count). The van der Waals surface area contributed by atoms with E-state index in [1.54, 1.807) is 6.92 Å². The van der Waals surface area contributed by atoms with E-state index in [2.05, 4.69) is 27.4 Å². The van der Waals surface area contributed by atoms with Gasteiger partial charge < -0.3 is 9.84 Å². The minimum absolute atomic E-state index is 0.242. The Morgan fingerprint density at radius 3 is 2.52 bits per heavy atom. The van der Waals surface area contributed by atoms with Crippen LogP contribution in [0.5, 0.6) is 5.75 Å². The second kappa shape index (κ2) is 6.59. The number of benzene rings is 2. The van der Waals surface area contributed by atoms with Gasteiger partial charge in [-0.3, -0.25) is 0 Å². The molecule has 0 aliphatic rings. The van der Waals surface area contributed by atoms with Crippen molar-refractivity contribution in [2.45, 2.75) is 39.5 Å². The molecule has 29 heavy (non-hydrogen) atoms. The van der Waals surface area contributed by atoms with Gasteiger partial charge in [0.15, 0.2) is 0 Å². The first kappa shape index (κ1) is 19.5. The van der Waals surface area contributed by atoms with Crippen LogP contribution in [0.4, 0.5) is 0 Å². The van der Waals surface area contributed by atoms with Gasteiger partial charge in [-0.1, -0.05) is 45.0 Å². The first-order valence-corrected chi connectivity index (χ1v) is 9.86. The summed E-state index contributed by atoms with van der Waals surface area (Å²) in [5.74, 6) is -0.153. The molecular formula is C22H24ClN3O3. The molecule has 1 N–H and O–H groups in total. The van der Waals surface area contributed by atoms with Crippen LogP contribution in [0.1, 0.15) is 38.8 Å². The number of carbonyl (C=O) groups excluding carboxylic acids is 1. The van der Waals surface area contributed by atoms with Crippen molar-refractivity contribution < 1.29 is 14.6 Å². The van der Waals surface area contributed by atoms with Crippen molar-refractivity contribution in [2.75, 3.05) is 6.61 Å². The maximum absolute atomic E-state index is 11.7. The van der Waals surface area contributed by atoms with Gasteiger partial charge in [-0.25, -0.2) is 4.79 Å². The quantitative estimate of drug-likeness (QED) is 0.379. The van der Waals surface area contributed by atoms with E-state index in [-0.39, 0.29) is 17.8 Å². The molecule has 152 valence electrons. The summed E-state index contributed by atoms with van der Waals surface area (Å²) < 4.78 is 9.17. The van der Waals surface area contributed by atoms with Gasteiger partial charge in [0.05, 0.1) is 6.61 Å². The zero-order valence-electron chi connectivity index (χ0n) is 17.0. The molecule has 0 spiro atoms. The van der Waals surface area contributed by atoms with Gasteiger partial charge in [0.1, 0.15) is 22.5 Å². The Labute approximate surface area is 173 Å². The lowest BCUT2D eigenvalue weighted by atomic mass is 9.84. The van der Waals surface area contributed by atoms with Crippen molar-refractivity contribution in [1.29, 1.82) is 0 Å². The van der Waals surface area contributed by atoms with Gasteiger partial charge in [-0.05, 0) is 42.2 Å². The number of rotatable bonds is 5. The lowest BCUT2D eigenvalue weighted by Gasteiger charge is -2.22. The number of carbonyl (C=O) groups is 1. The lowest BCUT2D eigenvalue weighted by molar-refractivity contribution is -0.138. The minimum Gasteiger partial charge on any atom is -0.505 e. The van der Waals surface area contributed by atoms with Crippen LogP contribution in [0, 0.1) is 0 Å². The Hall–Kier alpha value is -2.86. The van der Waals surface area contributed by atoms with Gasteiger partial charge in [0, 0.05) is 22.6 Å². The zero-order valence-corrected chi connectivity index (χ0v) is 17.7. The third-order valence-electron chi connectivity index (χ3n) is 5.02. The first-order valence-electron chi connectivity index (χ1n) is 9.48. The van der Waals surface area contributed by atoms with Crippen molar-refractivity contribution >= 4 is 28.6 Å². The van der Waals surface area contributed by atoms with Crippen molar-refractivity contribution in [3.05, 3.63) is 58.6 Å². The topological polar surface area (TPSA) is 60.3 Å². The Morgan fingerprint density at radius 2 is 1.86 bits per heavy atom. The maximum atomic E-state index is 11.7. The number of ether oxygens (including phenoxy) is 1. The predicted octanol–water partition coefficient (Wildman–Crippen LogP) is 4.74. The van der Waals surface area contributed by atoms with E-state index in [0.29, 0.717) is 22.7 Å². The zero-order chi connectivity index (χ0) is 21.1. The molecule has 0 aliphatic heterocycles. The van der Waals surface area contributed by atoms with E-state index in [9.17, 15) is 9.90 Å². The number of aromatic hydroxyl groups is 1. The monoisotopic (exact) mass is 413 g/mol. The van der Waals surface area contributed by atoms with Crippen LogP contribution in [-0.4, -0.2) is 31.7 Å².